The molecule has 0 saturated carbocycles. The van der Waals surface area contributed by atoms with Crippen LogP contribution >= 0.6 is 0 Å². The largest absolute Gasteiger partial charge is 0.493 e. The monoisotopic (exact) mass is 509 g/mol. The van der Waals surface area contributed by atoms with Gasteiger partial charge in [-0.1, -0.05) is 5.16 Å². The Balaban J connectivity index is 1.26. The Kier molecular flexibility index (Phi) is 10.2. The van der Waals surface area contributed by atoms with E-state index in [2.05, 4.69) is 35.8 Å². The molecule has 36 heavy (non-hydrogen) atoms. The average molecular weight is 510 g/mol. The molecule has 1 fully saturated rings. The number of piperazine rings is 1. The molecule has 0 bridgehead atoms. The van der Waals surface area contributed by atoms with Crippen LogP contribution in [0, 0.1) is 6.07 Å². The summed E-state index contributed by atoms with van der Waals surface area (Å²) in [5.74, 6) is -1.90. The van der Waals surface area contributed by atoms with E-state index in [0.29, 0.717) is 25.0 Å². The Morgan fingerprint density at radius 3 is 2.11 bits per heavy atom. The molecule has 0 spiro atoms. The average Bonchev–Trinajstić information content (AvgIpc) is 2.88. The minimum absolute atomic E-state index is 0.192. The zero-order valence-electron chi connectivity index (χ0n) is 19.6. The Morgan fingerprint density at radius 1 is 1.00 bits per heavy atom. The van der Waals surface area contributed by atoms with Crippen molar-refractivity contribution in [2.45, 2.75) is 19.0 Å². The zero-order chi connectivity index (χ0) is 25.8. The number of hydrogen-bond acceptors (Lipinski definition) is 9. The number of carbonyl (C=O) groups is 1. The van der Waals surface area contributed by atoms with Crippen molar-refractivity contribution in [1.82, 2.24) is 19.8 Å². The van der Waals surface area contributed by atoms with E-state index in [-0.39, 0.29) is 5.56 Å². The summed E-state index contributed by atoms with van der Waals surface area (Å²) in [6.45, 7) is 6.96. The number of nitrogens with zero attached hydrogens (tertiary/aromatic N) is 5. The van der Waals surface area contributed by atoms with E-state index in [9.17, 15) is 18.0 Å². The lowest BCUT2D eigenvalue weighted by Gasteiger charge is -2.34. The number of pyridine rings is 2. The highest BCUT2D eigenvalue weighted by molar-refractivity contribution is 5.97. The van der Waals surface area contributed by atoms with Crippen molar-refractivity contribution in [2.75, 3.05) is 52.5 Å². The summed E-state index contributed by atoms with van der Waals surface area (Å²) in [6.07, 6.45) is -0.530. The molecular formula is C23H28F3N6O4. The van der Waals surface area contributed by atoms with Crippen LogP contribution < -0.4 is 15.2 Å². The summed E-state index contributed by atoms with van der Waals surface area (Å²) in [4.78, 5) is 27.4. The van der Waals surface area contributed by atoms with Gasteiger partial charge in [-0.15, -0.1) is 0 Å². The molecule has 0 aromatic carbocycles. The number of alkyl halides is 3. The molecule has 3 rings (SSSR count). The van der Waals surface area contributed by atoms with Gasteiger partial charge in [0.25, 0.3) is 0 Å². The Labute approximate surface area is 206 Å². The first kappa shape index (κ1) is 27.1. The quantitative estimate of drug-likeness (QED) is 0.150. The standard InChI is InChI=1S/C23H28F3N6O4/c24-23(25,26)22(33)36-30-21(27)18-6-7-20(29-17-18)35-16-4-10-32-13-11-31(12-14-32)9-3-15-34-19-5-1-2-8-28-19/h1,5-8,17H,3-4,9-16H2,(H2,27,30). The number of halogens is 3. The fourth-order valence-corrected chi connectivity index (χ4v) is 3.37. The number of nitrogens with two attached hydrogens (primary N) is 1. The van der Waals surface area contributed by atoms with Crippen LogP contribution in [0.4, 0.5) is 13.2 Å². The Morgan fingerprint density at radius 2 is 1.61 bits per heavy atom. The normalized spacial score (nSPS) is 15.5. The number of oxime groups is 1. The molecule has 0 amide bonds. The van der Waals surface area contributed by atoms with Crippen LogP contribution in [0.1, 0.15) is 18.4 Å². The molecule has 1 saturated heterocycles. The lowest BCUT2D eigenvalue weighted by atomic mass is 10.2. The maximum Gasteiger partial charge on any atom is 0.493 e. The summed E-state index contributed by atoms with van der Waals surface area (Å²) < 4.78 is 47.6. The van der Waals surface area contributed by atoms with Gasteiger partial charge < -0.3 is 29.8 Å². The third-order valence-corrected chi connectivity index (χ3v) is 5.28. The van der Waals surface area contributed by atoms with Crippen molar-refractivity contribution >= 4 is 11.8 Å². The lowest BCUT2D eigenvalue weighted by molar-refractivity contribution is -0.199. The number of carbonyl (C=O) groups excluding carboxylic acids is 1. The molecule has 1 aliphatic rings. The minimum Gasteiger partial charge on any atom is -0.478 e. The topological polar surface area (TPSA) is 115 Å². The third-order valence-electron chi connectivity index (χ3n) is 5.28. The van der Waals surface area contributed by atoms with Crippen LogP contribution in [0.25, 0.3) is 0 Å². The van der Waals surface area contributed by atoms with E-state index in [1.165, 1.54) is 18.3 Å². The molecular weight excluding hydrogens is 481 g/mol. The number of ether oxygens (including phenoxy) is 2. The fraction of sp³-hybridized carbons (Fsp3) is 0.478. The lowest BCUT2D eigenvalue weighted by Crippen LogP contribution is -2.47. The van der Waals surface area contributed by atoms with E-state index in [1.807, 2.05) is 0 Å². The molecule has 10 nitrogen and oxygen atoms in total. The molecule has 1 aliphatic heterocycles. The first-order valence-electron chi connectivity index (χ1n) is 11.4. The van der Waals surface area contributed by atoms with Crippen molar-refractivity contribution < 1.29 is 32.3 Å². The van der Waals surface area contributed by atoms with Crippen LogP contribution in [0.3, 0.4) is 0 Å². The predicted molar refractivity (Wildman–Crippen MR) is 123 cm³/mol. The van der Waals surface area contributed by atoms with E-state index in [4.69, 9.17) is 15.2 Å². The highest BCUT2D eigenvalue weighted by Crippen LogP contribution is 2.17. The van der Waals surface area contributed by atoms with Gasteiger partial charge in [0, 0.05) is 75.4 Å². The minimum atomic E-state index is -5.15. The van der Waals surface area contributed by atoms with Crippen LogP contribution in [0.5, 0.6) is 11.8 Å². The second kappa shape index (κ2) is 13.6. The van der Waals surface area contributed by atoms with Crippen LogP contribution in [0.2, 0.25) is 0 Å². The smallest absolute Gasteiger partial charge is 0.478 e. The Hall–Kier alpha value is -3.45. The van der Waals surface area contributed by atoms with Gasteiger partial charge in [0.1, 0.15) is 0 Å². The maximum absolute atomic E-state index is 12.1. The molecule has 0 unspecified atom stereocenters. The summed E-state index contributed by atoms with van der Waals surface area (Å²) in [7, 11) is 0. The van der Waals surface area contributed by atoms with Gasteiger partial charge in [0.15, 0.2) is 5.84 Å². The van der Waals surface area contributed by atoms with E-state index in [1.54, 1.807) is 18.3 Å². The summed E-state index contributed by atoms with van der Waals surface area (Å²) in [5.41, 5.74) is 5.71. The number of amidine groups is 1. The van der Waals surface area contributed by atoms with Crippen molar-refractivity contribution in [1.29, 1.82) is 0 Å². The molecule has 2 aromatic heterocycles. The molecule has 13 heteroatoms. The second-order valence-electron chi connectivity index (χ2n) is 7.92. The number of aromatic nitrogens is 2. The molecule has 0 aliphatic carbocycles. The molecule has 0 atom stereocenters. The number of hydrogen-bond donors (Lipinski definition) is 1. The maximum atomic E-state index is 12.1. The fourth-order valence-electron chi connectivity index (χ4n) is 3.37. The molecule has 2 N–H and O–H groups in total. The number of rotatable bonds is 12. The highest BCUT2D eigenvalue weighted by atomic mass is 19.4. The second-order valence-corrected chi connectivity index (χ2v) is 7.92. The van der Waals surface area contributed by atoms with E-state index in [0.717, 1.165) is 52.1 Å². The van der Waals surface area contributed by atoms with Crippen LogP contribution in [0.15, 0.2) is 41.8 Å². The zero-order valence-corrected chi connectivity index (χ0v) is 19.6. The molecule has 1 radical (unpaired) electrons. The molecule has 3 heterocycles. The van der Waals surface area contributed by atoms with Crippen LogP contribution in [-0.4, -0.2) is 90.2 Å². The van der Waals surface area contributed by atoms with Gasteiger partial charge in [-0.05, 0) is 25.0 Å². The van der Waals surface area contributed by atoms with Gasteiger partial charge in [-0.25, -0.2) is 14.8 Å². The van der Waals surface area contributed by atoms with Crippen molar-refractivity contribution in [3.8, 4) is 11.8 Å². The third kappa shape index (κ3) is 9.30. The first-order chi connectivity index (χ1) is 17.3. The van der Waals surface area contributed by atoms with Gasteiger partial charge in [0.05, 0.1) is 13.2 Å². The Bertz CT molecular complexity index is 968. The summed E-state index contributed by atoms with van der Waals surface area (Å²) in [6, 6.07) is 9.41. The molecule has 2 aromatic rings. The predicted octanol–water partition coefficient (Wildman–Crippen LogP) is 1.86. The first-order valence-corrected chi connectivity index (χ1v) is 11.4. The van der Waals surface area contributed by atoms with Gasteiger partial charge in [-0.2, -0.15) is 13.2 Å². The van der Waals surface area contributed by atoms with E-state index >= 15 is 0 Å². The van der Waals surface area contributed by atoms with Crippen LogP contribution in [-0.2, 0) is 9.63 Å². The van der Waals surface area contributed by atoms with Crippen molar-refractivity contribution in [2.24, 2.45) is 10.9 Å². The SMILES string of the molecule is N/C(=N\OC(=O)C(F)(F)F)c1ccc(OCCCN2CCN(CCCOc3cc[c]cn3)CC2)nc1. The van der Waals surface area contributed by atoms with Gasteiger partial charge in [-0.3, -0.25) is 0 Å². The molecule has 195 valence electrons. The summed E-state index contributed by atoms with van der Waals surface area (Å²) in [5, 5.41) is 2.98. The van der Waals surface area contributed by atoms with Crippen molar-refractivity contribution in [3.05, 3.63) is 48.3 Å². The highest BCUT2D eigenvalue weighted by Gasteiger charge is 2.41. The summed E-state index contributed by atoms with van der Waals surface area (Å²) >= 11 is 0. The van der Waals surface area contributed by atoms with Gasteiger partial charge >= 0.3 is 12.1 Å². The van der Waals surface area contributed by atoms with E-state index < -0.39 is 18.0 Å². The van der Waals surface area contributed by atoms with Gasteiger partial charge in [0.2, 0.25) is 11.8 Å². The van der Waals surface area contributed by atoms with Crippen molar-refractivity contribution in [3.63, 3.8) is 0 Å².